The minimum Gasteiger partial charge on any atom is -0.277 e. The Labute approximate surface area is 136 Å². The maximum absolute atomic E-state index is 12.2. The Balaban J connectivity index is 2.40. The highest BCUT2D eigenvalue weighted by molar-refractivity contribution is 7.92. The summed E-state index contributed by atoms with van der Waals surface area (Å²) in [6.07, 6.45) is 1.07. The molecule has 21 heavy (non-hydrogen) atoms. The number of nitriles is 1. The van der Waals surface area contributed by atoms with Crippen molar-refractivity contribution in [1.29, 1.82) is 5.26 Å². The van der Waals surface area contributed by atoms with Crippen molar-refractivity contribution in [1.82, 2.24) is 4.98 Å². The van der Waals surface area contributed by atoms with Gasteiger partial charge in [-0.05, 0) is 24.3 Å². The van der Waals surface area contributed by atoms with Gasteiger partial charge in [0.25, 0.3) is 10.0 Å². The van der Waals surface area contributed by atoms with Crippen molar-refractivity contribution in [2.45, 2.75) is 4.90 Å². The van der Waals surface area contributed by atoms with Crippen LogP contribution in [0.3, 0.4) is 0 Å². The third-order valence-corrected chi connectivity index (χ3v) is 4.55. The molecule has 0 bridgehead atoms. The normalized spacial score (nSPS) is 11.0. The molecule has 2 aromatic rings. The molecule has 0 fully saturated rings. The Hall–Kier alpha value is -1.52. The molecule has 9 heteroatoms. The van der Waals surface area contributed by atoms with Gasteiger partial charge in [-0.3, -0.25) is 4.72 Å². The molecule has 5 nitrogen and oxygen atoms in total. The molecule has 0 aliphatic heterocycles. The van der Waals surface area contributed by atoms with Gasteiger partial charge in [-0.2, -0.15) is 5.26 Å². The second-order valence-corrected chi connectivity index (χ2v) is 6.77. The first-order chi connectivity index (χ1) is 9.83. The molecule has 0 saturated carbocycles. The number of anilines is 1. The zero-order valence-corrected chi connectivity index (χ0v) is 13.2. The van der Waals surface area contributed by atoms with E-state index in [-0.39, 0.29) is 31.3 Å². The molecule has 0 atom stereocenters. The lowest BCUT2D eigenvalue weighted by Crippen LogP contribution is -2.14. The topological polar surface area (TPSA) is 82.8 Å². The van der Waals surface area contributed by atoms with E-state index >= 15 is 0 Å². The van der Waals surface area contributed by atoms with Crippen molar-refractivity contribution in [3.63, 3.8) is 0 Å². The van der Waals surface area contributed by atoms with Crippen molar-refractivity contribution < 1.29 is 8.42 Å². The first-order valence-electron chi connectivity index (χ1n) is 5.37. The van der Waals surface area contributed by atoms with Gasteiger partial charge in [-0.25, -0.2) is 13.4 Å². The number of nitrogens with zero attached hydrogens (tertiary/aromatic N) is 2. The Morgan fingerprint density at radius 2 is 1.76 bits per heavy atom. The molecule has 0 unspecified atom stereocenters. The molecule has 2 rings (SSSR count). The fraction of sp³-hybridized carbons (Fsp3) is 0. The van der Waals surface area contributed by atoms with Crippen LogP contribution in [0.15, 0.2) is 35.4 Å². The van der Waals surface area contributed by atoms with Crippen LogP contribution in [0.5, 0.6) is 0 Å². The van der Waals surface area contributed by atoms with Crippen LogP contribution in [-0.4, -0.2) is 13.4 Å². The molecule has 1 N–H and O–H groups in total. The number of hydrogen-bond donors (Lipinski definition) is 1. The highest BCUT2D eigenvalue weighted by Gasteiger charge is 2.18. The van der Waals surface area contributed by atoms with E-state index in [0.717, 1.165) is 6.20 Å². The number of hydrogen-bond acceptors (Lipinski definition) is 4. The number of aromatic nitrogens is 1. The Morgan fingerprint density at radius 3 is 2.24 bits per heavy atom. The molecular weight excluding hydrogens is 357 g/mol. The summed E-state index contributed by atoms with van der Waals surface area (Å²) in [6.45, 7) is 0. The third kappa shape index (κ3) is 3.57. The fourth-order valence-electron chi connectivity index (χ4n) is 1.44. The van der Waals surface area contributed by atoms with Crippen LogP contribution >= 0.6 is 34.8 Å². The van der Waals surface area contributed by atoms with E-state index in [1.165, 1.54) is 24.3 Å². The van der Waals surface area contributed by atoms with Crippen LogP contribution in [0, 0.1) is 11.3 Å². The number of nitrogens with one attached hydrogen (secondary N) is 1. The van der Waals surface area contributed by atoms with Crippen LogP contribution in [0.4, 0.5) is 5.69 Å². The van der Waals surface area contributed by atoms with Gasteiger partial charge < -0.3 is 0 Å². The summed E-state index contributed by atoms with van der Waals surface area (Å²) in [5, 5.41) is 9.06. The lowest BCUT2D eigenvalue weighted by Gasteiger charge is -2.11. The van der Waals surface area contributed by atoms with Crippen LogP contribution in [0.2, 0.25) is 15.1 Å². The first-order valence-corrected chi connectivity index (χ1v) is 7.99. The standard InChI is InChI=1S/C12H6Cl3N3O2S/c13-7-3-10(14)12(11(15)4-7)18-21(19,20)9-2-1-8(5-16)17-6-9/h1-4,6,18H. The zero-order valence-electron chi connectivity index (χ0n) is 10.1. The van der Waals surface area contributed by atoms with Gasteiger partial charge >= 0.3 is 0 Å². The van der Waals surface area contributed by atoms with E-state index in [1.54, 1.807) is 6.07 Å². The molecular formula is C12H6Cl3N3O2S. The quantitative estimate of drug-likeness (QED) is 0.902. The molecule has 108 valence electrons. The molecule has 1 aromatic carbocycles. The minimum absolute atomic E-state index is 0.0205. The molecule has 0 aliphatic carbocycles. The number of halogens is 3. The summed E-state index contributed by atoms with van der Waals surface area (Å²) in [6, 6.07) is 7.07. The smallest absolute Gasteiger partial charge is 0.263 e. The average molecular weight is 363 g/mol. The average Bonchev–Trinajstić information content (AvgIpc) is 2.43. The maximum atomic E-state index is 12.2. The predicted molar refractivity (Wildman–Crippen MR) is 81.2 cm³/mol. The number of benzene rings is 1. The SMILES string of the molecule is N#Cc1ccc(S(=O)(=O)Nc2c(Cl)cc(Cl)cc2Cl)cn1. The Bertz CT molecular complexity index is 807. The Morgan fingerprint density at radius 1 is 1.14 bits per heavy atom. The Kier molecular flexibility index (Phi) is 4.59. The van der Waals surface area contributed by atoms with Crippen LogP contribution in [-0.2, 0) is 10.0 Å². The van der Waals surface area contributed by atoms with Crippen LogP contribution in [0.25, 0.3) is 0 Å². The minimum atomic E-state index is -3.93. The molecule has 1 heterocycles. The van der Waals surface area contributed by atoms with E-state index in [1.807, 2.05) is 0 Å². The third-order valence-electron chi connectivity index (χ3n) is 2.40. The molecule has 0 saturated heterocycles. The lowest BCUT2D eigenvalue weighted by atomic mass is 10.3. The highest BCUT2D eigenvalue weighted by atomic mass is 35.5. The van der Waals surface area contributed by atoms with Crippen molar-refractivity contribution >= 4 is 50.5 Å². The zero-order chi connectivity index (χ0) is 15.6. The van der Waals surface area contributed by atoms with Gasteiger partial charge in [0.1, 0.15) is 16.7 Å². The summed E-state index contributed by atoms with van der Waals surface area (Å²) in [5.74, 6) is 0. The number of pyridine rings is 1. The monoisotopic (exact) mass is 361 g/mol. The summed E-state index contributed by atoms with van der Waals surface area (Å²) >= 11 is 17.6. The van der Waals surface area contributed by atoms with E-state index < -0.39 is 10.0 Å². The van der Waals surface area contributed by atoms with E-state index in [4.69, 9.17) is 40.1 Å². The van der Waals surface area contributed by atoms with E-state index in [2.05, 4.69) is 9.71 Å². The van der Waals surface area contributed by atoms with Gasteiger partial charge in [-0.1, -0.05) is 34.8 Å². The van der Waals surface area contributed by atoms with E-state index in [9.17, 15) is 8.42 Å². The van der Waals surface area contributed by atoms with Crippen LogP contribution in [0.1, 0.15) is 5.69 Å². The lowest BCUT2D eigenvalue weighted by molar-refractivity contribution is 0.601. The summed E-state index contributed by atoms with van der Waals surface area (Å²) < 4.78 is 26.7. The summed E-state index contributed by atoms with van der Waals surface area (Å²) in [4.78, 5) is 3.58. The van der Waals surface area contributed by atoms with Gasteiger partial charge in [0.15, 0.2) is 0 Å². The second kappa shape index (κ2) is 6.08. The van der Waals surface area contributed by atoms with Gasteiger partial charge in [-0.15, -0.1) is 0 Å². The van der Waals surface area contributed by atoms with Gasteiger partial charge in [0.2, 0.25) is 0 Å². The molecule has 0 amide bonds. The fourth-order valence-corrected chi connectivity index (χ4v) is 3.51. The maximum Gasteiger partial charge on any atom is 0.263 e. The highest BCUT2D eigenvalue weighted by Crippen LogP contribution is 2.35. The summed E-state index contributed by atoms with van der Waals surface area (Å²) in [5.41, 5.74) is 0.128. The predicted octanol–water partition coefficient (Wildman–Crippen LogP) is 3.71. The van der Waals surface area contributed by atoms with Crippen molar-refractivity contribution in [3.8, 4) is 6.07 Å². The summed E-state index contributed by atoms with van der Waals surface area (Å²) in [7, 11) is -3.93. The van der Waals surface area contributed by atoms with Crippen molar-refractivity contribution in [3.05, 3.63) is 51.2 Å². The number of rotatable bonds is 3. The molecule has 1 aromatic heterocycles. The van der Waals surface area contributed by atoms with Crippen molar-refractivity contribution in [2.75, 3.05) is 4.72 Å². The van der Waals surface area contributed by atoms with Crippen LogP contribution < -0.4 is 4.72 Å². The van der Waals surface area contributed by atoms with E-state index in [0.29, 0.717) is 0 Å². The van der Waals surface area contributed by atoms with Gasteiger partial charge in [0.05, 0.1) is 15.7 Å². The first kappa shape index (κ1) is 15.9. The largest absolute Gasteiger partial charge is 0.277 e. The van der Waals surface area contributed by atoms with Crippen molar-refractivity contribution in [2.24, 2.45) is 0 Å². The molecule has 0 spiro atoms. The molecule has 0 aliphatic rings. The number of sulfonamides is 1. The van der Waals surface area contributed by atoms with Gasteiger partial charge in [0, 0.05) is 11.2 Å². The second-order valence-electron chi connectivity index (χ2n) is 3.84. The molecule has 0 radical (unpaired) electrons.